The van der Waals surface area contributed by atoms with E-state index in [9.17, 15) is 0 Å². The zero-order valence-electron chi connectivity index (χ0n) is 11.4. The minimum atomic E-state index is 1.000. The van der Waals surface area contributed by atoms with Crippen molar-refractivity contribution in [3.63, 3.8) is 0 Å². The van der Waals surface area contributed by atoms with Crippen LogP contribution in [-0.4, -0.2) is 12.3 Å². The maximum atomic E-state index is 3.46. The lowest BCUT2D eigenvalue weighted by atomic mass is 10.1. The van der Waals surface area contributed by atoms with Gasteiger partial charge in [-0.3, -0.25) is 0 Å². The molecule has 0 atom stereocenters. The van der Waals surface area contributed by atoms with Crippen LogP contribution in [0.4, 0.5) is 0 Å². The molecule has 0 unspecified atom stereocenters. The molecule has 0 aromatic heterocycles. The second-order valence-electron chi connectivity index (χ2n) is 4.47. The maximum absolute atomic E-state index is 3.46. The Kier molecular flexibility index (Phi) is 7.38. The zero-order valence-corrected chi connectivity index (χ0v) is 12.2. The first-order valence-corrected chi connectivity index (χ1v) is 7.69. The van der Waals surface area contributed by atoms with Crippen LogP contribution < -0.4 is 5.32 Å². The smallest absolute Gasteiger partial charge is 0.0208 e. The van der Waals surface area contributed by atoms with Crippen molar-refractivity contribution < 1.29 is 0 Å². The fraction of sp³-hybridized carbons (Fsp3) is 0.600. The SMILES string of the molecule is CCCCSc1ccc(CNCCC)c(C)c1. The summed E-state index contributed by atoms with van der Waals surface area (Å²) in [7, 11) is 0. The Morgan fingerprint density at radius 3 is 2.65 bits per heavy atom. The van der Waals surface area contributed by atoms with Gasteiger partial charge >= 0.3 is 0 Å². The number of thioether (sulfide) groups is 1. The molecule has 1 rings (SSSR count). The van der Waals surface area contributed by atoms with E-state index in [0.717, 1.165) is 13.1 Å². The van der Waals surface area contributed by atoms with Gasteiger partial charge in [0.25, 0.3) is 0 Å². The van der Waals surface area contributed by atoms with Gasteiger partial charge in [-0.1, -0.05) is 26.3 Å². The van der Waals surface area contributed by atoms with Crippen LogP contribution in [0.2, 0.25) is 0 Å². The third kappa shape index (κ3) is 5.60. The first-order valence-electron chi connectivity index (χ1n) is 6.71. The second-order valence-corrected chi connectivity index (χ2v) is 5.64. The van der Waals surface area contributed by atoms with Crippen molar-refractivity contribution in [1.29, 1.82) is 0 Å². The van der Waals surface area contributed by atoms with E-state index >= 15 is 0 Å². The highest BCUT2D eigenvalue weighted by atomic mass is 32.2. The van der Waals surface area contributed by atoms with E-state index in [1.54, 1.807) is 0 Å². The van der Waals surface area contributed by atoms with Gasteiger partial charge in [-0.05, 0) is 55.3 Å². The van der Waals surface area contributed by atoms with Crippen molar-refractivity contribution in [2.24, 2.45) is 0 Å². The minimum absolute atomic E-state index is 1.000. The molecule has 2 heteroatoms. The van der Waals surface area contributed by atoms with E-state index in [4.69, 9.17) is 0 Å². The summed E-state index contributed by atoms with van der Waals surface area (Å²) in [5.74, 6) is 1.24. The van der Waals surface area contributed by atoms with E-state index in [0.29, 0.717) is 0 Å². The van der Waals surface area contributed by atoms with Gasteiger partial charge in [-0.2, -0.15) is 0 Å². The molecule has 0 spiro atoms. The van der Waals surface area contributed by atoms with Crippen LogP contribution in [0.1, 0.15) is 44.2 Å². The molecule has 1 N–H and O–H groups in total. The Morgan fingerprint density at radius 1 is 1.18 bits per heavy atom. The van der Waals surface area contributed by atoms with Crippen molar-refractivity contribution in [2.75, 3.05) is 12.3 Å². The van der Waals surface area contributed by atoms with Gasteiger partial charge in [0.05, 0.1) is 0 Å². The summed E-state index contributed by atoms with van der Waals surface area (Å²) in [4.78, 5) is 1.41. The highest BCUT2D eigenvalue weighted by molar-refractivity contribution is 7.99. The number of benzene rings is 1. The normalized spacial score (nSPS) is 10.8. The van der Waals surface area contributed by atoms with E-state index in [1.165, 1.54) is 41.0 Å². The van der Waals surface area contributed by atoms with Gasteiger partial charge in [-0.25, -0.2) is 0 Å². The second kappa shape index (κ2) is 8.60. The zero-order chi connectivity index (χ0) is 12.5. The van der Waals surface area contributed by atoms with Gasteiger partial charge in [0.1, 0.15) is 0 Å². The summed E-state index contributed by atoms with van der Waals surface area (Å²) < 4.78 is 0. The Hall–Kier alpha value is -0.470. The number of aryl methyl sites for hydroxylation is 1. The van der Waals surface area contributed by atoms with Crippen molar-refractivity contribution in [3.05, 3.63) is 29.3 Å². The third-order valence-electron chi connectivity index (χ3n) is 2.82. The van der Waals surface area contributed by atoms with Crippen LogP contribution in [-0.2, 0) is 6.54 Å². The lowest BCUT2D eigenvalue weighted by molar-refractivity contribution is 0.673. The molecule has 1 aromatic carbocycles. The molecule has 1 aromatic rings. The molecule has 0 amide bonds. The van der Waals surface area contributed by atoms with E-state index < -0.39 is 0 Å². The Balaban J connectivity index is 2.47. The molecular formula is C15H25NS. The van der Waals surface area contributed by atoms with Gasteiger partial charge in [-0.15, -0.1) is 11.8 Å². The number of nitrogens with one attached hydrogen (secondary N) is 1. The molecule has 0 fully saturated rings. The molecule has 0 aliphatic rings. The molecule has 96 valence electrons. The van der Waals surface area contributed by atoms with Crippen molar-refractivity contribution >= 4 is 11.8 Å². The van der Waals surface area contributed by atoms with Crippen LogP contribution in [0.15, 0.2) is 23.1 Å². The summed E-state index contributed by atoms with van der Waals surface area (Å²) in [5, 5.41) is 3.46. The molecule has 17 heavy (non-hydrogen) atoms. The van der Waals surface area contributed by atoms with Crippen LogP contribution in [0.5, 0.6) is 0 Å². The monoisotopic (exact) mass is 251 g/mol. The minimum Gasteiger partial charge on any atom is -0.313 e. The molecule has 0 radical (unpaired) electrons. The van der Waals surface area contributed by atoms with Gasteiger partial charge < -0.3 is 5.32 Å². The highest BCUT2D eigenvalue weighted by Gasteiger charge is 2.00. The van der Waals surface area contributed by atoms with Crippen molar-refractivity contribution in [1.82, 2.24) is 5.32 Å². The highest BCUT2D eigenvalue weighted by Crippen LogP contribution is 2.22. The summed E-state index contributed by atoms with van der Waals surface area (Å²) >= 11 is 1.98. The molecular weight excluding hydrogens is 226 g/mol. The number of rotatable bonds is 8. The first kappa shape index (κ1) is 14.6. The van der Waals surface area contributed by atoms with Crippen LogP contribution in [0, 0.1) is 6.92 Å². The van der Waals surface area contributed by atoms with E-state index in [-0.39, 0.29) is 0 Å². The predicted octanol–water partition coefficient (Wildman–Crippen LogP) is 4.39. The van der Waals surface area contributed by atoms with Gasteiger partial charge in [0.2, 0.25) is 0 Å². The first-order chi connectivity index (χ1) is 8.27. The third-order valence-corrected chi connectivity index (χ3v) is 3.90. The lowest BCUT2D eigenvalue weighted by Crippen LogP contribution is -2.14. The Labute approximate surface area is 110 Å². The van der Waals surface area contributed by atoms with Gasteiger partial charge in [0.15, 0.2) is 0 Å². The van der Waals surface area contributed by atoms with Crippen LogP contribution in [0.3, 0.4) is 0 Å². The molecule has 0 aliphatic carbocycles. The average Bonchev–Trinajstić information content (AvgIpc) is 2.32. The summed E-state index contributed by atoms with van der Waals surface area (Å²) in [5.41, 5.74) is 2.84. The fourth-order valence-electron chi connectivity index (χ4n) is 1.69. The Bertz CT molecular complexity index is 323. The molecule has 0 heterocycles. The predicted molar refractivity (Wildman–Crippen MR) is 78.8 cm³/mol. The fourth-order valence-corrected chi connectivity index (χ4v) is 2.78. The topological polar surface area (TPSA) is 12.0 Å². The quantitative estimate of drug-likeness (QED) is 0.543. The number of hydrogen-bond acceptors (Lipinski definition) is 2. The maximum Gasteiger partial charge on any atom is 0.0208 e. The van der Waals surface area contributed by atoms with Crippen LogP contribution in [0.25, 0.3) is 0 Å². The van der Waals surface area contributed by atoms with Crippen molar-refractivity contribution in [3.8, 4) is 0 Å². The number of unbranched alkanes of at least 4 members (excludes halogenated alkanes) is 1. The molecule has 0 bridgehead atoms. The number of hydrogen-bond donors (Lipinski definition) is 1. The lowest BCUT2D eigenvalue weighted by Gasteiger charge is -2.09. The average molecular weight is 251 g/mol. The standard InChI is InChI=1S/C15H25NS/c1-4-6-10-17-15-8-7-14(13(3)11-15)12-16-9-5-2/h7-8,11,16H,4-6,9-10,12H2,1-3H3. The molecule has 1 nitrogen and oxygen atoms in total. The van der Waals surface area contributed by atoms with Crippen molar-refractivity contribution in [2.45, 2.75) is 51.5 Å². The van der Waals surface area contributed by atoms with E-state index in [2.05, 4.69) is 44.3 Å². The Morgan fingerprint density at radius 2 is 2.00 bits per heavy atom. The molecule has 0 saturated heterocycles. The molecule has 0 saturated carbocycles. The summed E-state index contributed by atoms with van der Waals surface area (Å²) in [6.45, 7) is 8.76. The van der Waals surface area contributed by atoms with Crippen LogP contribution >= 0.6 is 11.8 Å². The summed E-state index contributed by atoms with van der Waals surface area (Å²) in [6.07, 6.45) is 3.79. The van der Waals surface area contributed by atoms with E-state index in [1.807, 2.05) is 11.8 Å². The van der Waals surface area contributed by atoms with Gasteiger partial charge in [0, 0.05) is 11.4 Å². The largest absolute Gasteiger partial charge is 0.313 e. The summed E-state index contributed by atoms with van der Waals surface area (Å²) in [6, 6.07) is 6.85. The molecule has 0 aliphatic heterocycles.